The first-order chi connectivity index (χ1) is 9.15. The lowest BCUT2D eigenvalue weighted by atomic mass is 10.1. The number of hydrogen-bond donors (Lipinski definition) is 3. The number of ether oxygens (including phenoxy) is 2. The summed E-state index contributed by atoms with van der Waals surface area (Å²) in [4.78, 5) is 11.3. The van der Waals surface area contributed by atoms with Crippen LogP contribution in [0.1, 0.15) is 12.5 Å². The molecule has 0 aliphatic carbocycles. The van der Waals surface area contributed by atoms with E-state index in [4.69, 9.17) is 14.6 Å². The molecule has 19 heavy (non-hydrogen) atoms. The van der Waals surface area contributed by atoms with Crippen LogP contribution in [0.3, 0.4) is 0 Å². The Morgan fingerprint density at radius 3 is 2.95 bits per heavy atom. The van der Waals surface area contributed by atoms with Crippen LogP contribution < -0.4 is 20.1 Å². The first-order valence-electron chi connectivity index (χ1n) is 6.23. The number of rotatable bonds is 5. The van der Waals surface area contributed by atoms with Crippen LogP contribution in [0.2, 0.25) is 0 Å². The molecule has 0 saturated carbocycles. The Bertz CT molecular complexity index is 448. The number of benzene rings is 1. The molecule has 1 aliphatic heterocycles. The Balaban J connectivity index is 1.72. The molecule has 0 spiro atoms. The van der Waals surface area contributed by atoms with Crippen LogP contribution in [0.5, 0.6) is 11.5 Å². The molecule has 1 aromatic rings. The highest BCUT2D eigenvalue weighted by Gasteiger charge is 2.13. The van der Waals surface area contributed by atoms with Crippen molar-refractivity contribution in [1.29, 1.82) is 0 Å². The molecule has 2 amide bonds. The van der Waals surface area contributed by atoms with E-state index < -0.39 is 6.10 Å². The van der Waals surface area contributed by atoms with Gasteiger partial charge in [-0.25, -0.2) is 4.79 Å². The molecule has 6 nitrogen and oxygen atoms in total. The maximum absolute atomic E-state index is 11.3. The molecule has 3 N–H and O–H groups in total. The normalized spacial score (nSPS) is 14.0. The fourth-order valence-corrected chi connectivity index (χ4v) is 1.72. The number of fused-ring (bicyclic) bond motifs is 1. The van der Waals surface area contributed by atoms with Gasteiger partial charge >= 0.3 is 6.03 Å². The van der Waals surface area contributed by atoms with E-state index >= 15 is 0 Å². The minimum Gasteiger partial charge on any atom is -0.454 e. The molecule has 1 aromatic carbocycles. The molecule has 0 radical (unpaired) electrons. The number of hydrogen-bond acceptors (Lipinski definition) is 4. The van der Waals surface area contributed by atoms with E-state index in [9.17, 15) is 4.79 Å². The van der Waals surface area contributed by atoms with Crippen LogP contribution in [0.25, 0.3) is 0 Å². The predicted molar refractivity (Wildman–Crippen MR) is 69.4 cm³/mol. The van der Waals surface area contributed by atoms with Crippen molar-refractivity contribution < 1.29 is 19.4 Å². The van der Waals surface area contributed by atoms with Gasteiger partial charge in [-0.2, -0.15) is 0 Å². The van der Waals surface area contributed by atoms with Gasteiger partial charge in [-0.05, 0) is 31.0 Å². The topological polar surface area (TPSA) is 79.8 Å². The van der Waals surface area contributed by atoms with Gasteiger partial charge in [0.05, 0.1) is 6.10 Å². The Morgan fingerprint density at radius 1 is 1.37 bits per heavy atom. The average Bonchev–Trinajstić information content (AvgIpc) is 2.83. The molecule has 0 unspecified atom stereocenters. The van der Waals surface area contributed by atoms with Crippen LogP contribution in [-0.4, -0.2) is 37.1 Å². The molecule has 1 heterocycles. The number of nitrogens with one attached hydrogen (secondary N) is 2. The first-order valence-corrected chi connectivity index (χ1v) is 6.23. The summed E-state index contributed by atoms with van der Waals surface area (Å²) >= 11 is 0. The molecular formula is C13H18N2O4. The molecule has 0 aromatic heterocycles. The minimum atomic E-state index is -0.542. The van der Waals surface area contributed by atoms with Gasteiger partial charge in [-0.3, -0.25) is 0 Å². The average molecular weight is 266 g/mol. The van der Waals surface area contributed by atoms with E-state index in [2.05, 4.69) is 10.6 Å². The van der Waals surface area contributed by atoms with E-state index in [0.717, 1.165) is 17.1 Å². The maximum Gasteiger partial charge on any atom is 0.314 e. The standard InChI is InChI=1S/C13H18N2O4/c1-9(16)7-15-13(17)14-5-4-10-2-3-11-12(6-10)19-8-18-11/h2-3,6,9,16H,4-5,7-8H2,1H3,(H2,14,15,17)/t9-/m1/s1. The fourth-order valence-electron chi connectivity index (χ4n) is 1.72. The lowest BCUT2D eigenvalue weighted by Gasteiger charge is -2.09. The molecule has 1 aliphatic rings. The first kappa shape index (κ1) is 13.5. The predicted octanol–water partition coefficient (Wildman–Crippen LogP) is 0.638. The second-order valence-corrected chi connectivity index (χ2v) is 4.42. The van der Waals surface area contributed by atoms with Gasteiger partial charge < -0.3 is 25.2 Å². The van der Waals surface area contributed by atoms with Crippen LogP contribution >= 0.6 is 0 Å². The Kier molecular flexibility index (Phi) is 4.46. The Morgan fingerprint density at radius 2 is 2.16 bits per heavy atom. The highest BCUT2D eigenvalue weighted by Crippen LogP contribution is 2.32. The summed E-state index contributed by atoms with van der Waals surface area (Å²) in [5, 5.41) is 14.3. The summed E-state index contributed by atoms with van der Waals surface area (Å²) in [5.41, 5.74) is 1.07. The lowest BCUT2D eigenvalue weighted by Crippen LogP contribution is -2.39. The summed E-state index contributed by atoms with van der Waals surface area (Å²) in [6.45, 7) is 2.65. The van der Waals surface area contributed by atoms with E-state index in [1.165, 1.54) is 0 Å². The van der Waals surface area contributed by atoms with Crippen molar-refractivity contribution in [3.05, 3.63) is 23.8 Å². The molecule has 104 valence electrons. The second kappa shape index (κ2) is 6.29. The number of amides is 2. The molecule has 2 rings (SSSR count). The molecule has 1 atom stereocenters. The second-order valence-electron chi connectivity index (χ2n) is 4.42. The minimum absolute atomic E-state index is 0.246. The fraction of sp³-hybridized carbons (Fsp3) is 0.462. The molecule has 0 fully saturated rings. The van der Waals surface area contributed by atoms with Gasteiger partial charge in [0.25, 0.3) is 0 Å². The van der Waals surface area contributed by atoms with Gasteiger partial charge in [0, 0.05) is 13.1 Å². The summed E-state index contributed by atoms with van der Waals surface area (Å²) in [6.07, 6.45) is 0.165. The van der Waals surface area contributed by atoms with Crippen molar-refractivity contribution in [3.63, 3.8) is 0 Å². The summed E-state index contributed by atoms with van der Waals surface area (Å²) < 4.78 is 10.5. The molecule has 6 heteroatoms. The number of urea groups is 1. The van der Waals surface area contributed by atoms with Crippen molar-refractivity contribution in [2.45, 2.75) is 19.4 Å². The Labute approximate surface area is 111 Å². The summed E-state index contributed by atoms with van der Waals surface area (Å²) in [6, 6.07) is 5.45. The zero-order chi connectivity index (χ0) is 13.7. The van der Waals surface area contributed by atoms with Gasteiger partial charge in [-0.1, -0.05) is 6.07 Å². The third-order valence-electron chi connectivity index (χ3n) is 2.69. The smallest absolute Gasteiger partial charge is 0.314 e. The van der Waals surface area contributed by atoms with E-state index in [0.29, 0.717) is 13.0 Å². The summed E-state index contributed by atoms with van der Waals surface area (Å²) in [7, 11) is 0. The van der Waals surface area contributed by atoms with Crippen molar-refractivity contribution in [3.8, 4) is 11.5 Å². The highest BCUT2D eigenvalue weighted by atomic mass is 16.7. The van der Waals surface area contributed by atoms with Crippen molar-refractivity contribution in [1.82, 2.24) is 10.6 Å². The van der Waals surface area contributed by atoms with Gasteiger partial charge in [-0.15, -0.1) is 0 Å². The molecule has 0 saturated heterocycles. The molecule has 0 bridgehead atoms. The number of aliphatic hydroxyl groups is 1. The zero-order valence-corrected chi connectivity index (χ0v) is 10.8. The highest BCUT2D eigenvalue weighted by molar-refractivity contribution is 5.73. The zero-order valence-electron chi connectivity index (χ0n) is 10.8. The third-order valence-corrected chi connectivity index (χ3v) is 2.69. The SMILES string of the molecule is C[C@@H](O)CNC(=O)NCCc1ccc2c(c1)OCO2. The van der Waals surface area contributed by atoms with E-state index in [1.807, 2.05) is 18.2 Å². The van der Waals surface area contributed by atoms with E-state index in [-0.39, 0.29) is 19.4 Å². The van der Waals surface area contributed by atoms with Gasteiger partial charge in [0.15, 0.2) is 11.5 Å². The molecular weight excluding hydrogens is 248 g/mol. The third kappa shape index (κ3) is 4.03. The lowest BCUT2D eigenvalue weighted by molar-refractivity contribution is 0.174. The number of carbonyl (C=O) groups is 1. The quantitative estimate of drug-likeness (QED) is 0.730. The monoisotopic (exact) mass is 266 g/mol. The van der Waals surface area contributed by atoms with Crippen molar-refractivity contribution in [2.24, 2.45) is 0 Å². The summed E-state index contributed by atoms with van der Waals surface area (Å²) in [5.74, 6) is 1.50. The van der Waals surface area contributed by atoms with Crippen LogP contribution in [-0.2, 0) is 6.42 Å². The van der Waals surface area contributed by atoms with Crippen LogP contribution in [0.4, 0.5) is 4.79 Å². The number of carbonyl (C=O) groups excluding carboxylic acids is 1. The van der Waals surface area contributed by atoms with Crippen molar-refractivity contribution >= 4 is 6.03 Å². The Hall–Kier alpha value is -1.95. The maximum atomic E-state index is 11.3. The van der Waals surface area contributed by atoms with E-state index in [1.54, 1.807) is 6.92 Å². The van der Waals surface area contributed by atoms with Crippen molar-refractivity contribution in [2.75, 3.05) is 19.9 Å². The van der Waals surface area contributed by atoms with Gasteiger partial charge in [0.2, 0.25) is 6.79 Å². The van der Waals surface area contributed by atoms with Crippen LogP contribution in [0, 0.1) is 0 Å². The van der Waals surface area contributed by atoms with Gasteiger partial charge in [0.1, 0.15) is 0 Å². The number of aliphatic hydroxyl groups excluding tert-OH is 1. The van der Waals surface area contributed by atoms with Crippen LogP contribution in [0.15, 0.2) is 18.2 Å². The largest absolute Gasteiger partial charge is 0.454 e.